The second kappa shape index (κ2) is 13.2. The van der Waals surface area contributed by atoms with Gasteiger partial charge in [0.25, 0.3) is 5.91 Å². The summed E-state index contributed by atoms with van der Waals surface area (Å²) in [5.74, 6) is -8.04. The van der Waals surface area contributed by atoms with Gasteiger partial charge in [0.1, 0.15) is 11.4 Å². The Morgan fingerprint density at radius 1 is 1.04 bits per heavy atom. The minimum absolute atomic E-state index is 0.152. The second-order valence-corrected chi connectivity index (χ2v) is 12.2. The number of hydrogen-bond donors (Lipinski definition) is 2. The summed E-state index contributed by atoms with van der Waals surface area (Å²) in [7, 11) is 3.29. The zero-order valence-corrected chi connectivity index (χ0v) is 26.6. The molecule has 3 heterocycles. The van der Waals surface area contributed by atoms with E-state index in [0.29, 0.717) is 39.9 Å². The summed E-state index contributed by atoms with van der Waals surface area (Å²) in [5, 5.41) is 3.47. The highest BCUT2D eigenvalue weighted by atomic mass is 32.1. The molecule has 0 unspecified atom stereocenters. The lowest BCUT2D eigenvalue weighted by Gasteiger charge is -2.25. The number of benzene rings is 3. The minimum Gasteiger partial charge on any atom is -0.417 e. The fourth-order valence-electron chi connectivity index (χ4n) is 5.27. The lowest BCUT2D eigenvalue weighted by Crippen LogP contribution is -2.30. The summed E-state index contributed by atoms with van der Waals surface area (Å²) in [6.45, 7) is 1.83. The number of nitrogens with one attached hydrogen (secondary N) is 1. The SMILES string of the molecule is CN1CCc2ccc(Nc3nccc(-c4sc(N)nc4-c4cccc(N(C)C(=O)c5c(F)ccc(OC(=O)C(F)(F)F)c5F)c4)n3)cc2C1. The summed E-state index contributed by atoms with van der Waals surface area (Å²) < 4.78 is 71.8. The molecular weight excluding hydrogens is 669 g/mol. The Bertz CT molecular complexity index is 2090. The Hall–Kier alpha value is -5.48. The number of fused-ring (bicyclic) bond motifs is 1. The molecule has 3 N–H and O–H groups in total. The number of carbonyl (C=O) groups is 2. The van der Waals surface area contributed by atoms with E-state index in [1.54, 1.807) is 24.4 Å². The molecule has 0 atom stereocenters. The first-order chi connectivity index (χ1) is 23.3. The number of thiazole rings is 1. The van der Waals surface area contributed by atoms with E-state index in [9.17, 15) is 27.2 Å². The molecule has 0 bridgehead atoms. The van der Waals surface area contributed by atoms with Crippen LogP contribution in [0, 0.1) is 11.6 Å². The molecule has 16 heteroatoms. The van der Waals surface area contributed by atoms with Gasteiger partial charge in [0, 0.05) is 43.3 Å². The van der Waals surface area contributed by atoms with Crippen molar-refractivity contribution in [2.45, 2.75) is 19.1 Å². The molecule has 0 radical (unpaired) electrons. The van der Waals surface area contributed by atoms with Gasteiger partial charge in [-0.2, -0.15) is 13.2 Å². The van der Waals surface area contributed by atoms with Gasteiger partial charge in [-0.05, 0) is 67.1 Å². The van der Waals surface area contributed by atoms with E-state index in [4.69, 9.17) is 5.73 Å². The number of aromatic nitrogens is 3. The van der Waals surface area contributed by atoms with Crippen molar-refractivity contribution in [1.82, 2.24) is 19.9 Å². The minimum atomic E-state index is -5.44. The maximum Gasteiger partial charge on any atom is 0.491 e. The monoisotopic (exact) mass is 695 g/mol. The number of esters is 1. The van der Waals surface area contributed by atoms with Gasteiger partial charge in [-0.1, -0.05) is 29.5 Å². The van der Waals surface area contributed by atoms with Crippen LogP contribution in [0.1, 0.15) is 21.5 Å². The van der Waals surface area contributed by atoms with Crippen LogP contribution in [-0.4, -0.2) is 58.5 Å². The number of rotatable bonds is 7. The average Bonchev–Trinajstić information content (AvgIpc) is 3.47. The summed E-state index contributed by atoms with van der Waals surface area (Å²) in [6, 6.07) is 15.1. The van der Waals surface area contributed by atoms with Crippen molar-refractivity contribution >= 4 is 45.7 Å². The van der Waals surface area contributed by atoms with Crippen molar-refractivity contribution in [1.29, 1.82) is 0 Å². The highest BCUT2D eigenvalue weighted by Crippen LogP contribution is 2.39. The van der Waals surface area contributed by atoms with Crippen LogP contribution in [-0.2, 0) is 17.8 Å². The van der Waals surface area contributed by atoms with E-state index in [1.807, 2.05) is 6.07 Å². The number of anilines is 4. The first-order valence-electron chi connectivity index (χ1n) is 14.6. The number of halogens is 5. The number of hydrogen-bond acceptors (Lipinski definition) is 10. The number of likely N-dealkylation sites (N-methyl/N-ethyl adjacent to an activating group) is 1. The van der Waals surface area contributed by atoms with E-state index >= 15 is 4.39 Å². The zero-order valence-electron chi connectivity index (χ0n) is 25.8. The first-order valence-corrected chi connectivity index (χ1v) is 15.4. The van der Waals surface area contributed by atoms with Gasteiger partial charge in [-0.15, -0.1) is 0 Å². The Balaban J connectivity index is 1.27. The van der Waals surface area contributed by atoms with Crippen molar-refractivity contribution < 1.29 is 36.3 Å². The quantitative estimate of drug-likeness (QED) is 0.110. The molecule has 1 amide bonds. The van der Waals surface area contributed by atoms with E-state index < -0.39 is 41.0 Å². The van der Waals surface area contributed by atoms with Crippen LogP contribution in [0.4, 0.5) is 44.4 Å². The van der Waals surface area contributed by atoms with E-state index in [1.165, 1.54) is 41.6 Å². The number of amides is 1. The summed E-state index contributed by atoms with van der Waals surface area (Å²) in [4.78, 5) is 41.7. The topological polar surface area (TPSA) is 127 Å². The summed E-state index contributed by atoms with van der Waals surface area (Å²) in [5.41, 5.74) is 9.78. The van der Waals surface area contributed by atoms with Gasteiger partial charge in [0.15, 0.2) is 16.7 Å². The van der Waals surface area contributed by atoms with Crippen LogP contribution in [0.5, 0.6) is 5.75 Å². The third-order valence-electron chi connectivity index (χ3n) is 7.71. The molecule has 0 saturated heterocycles. The highest BCUT2D eigenvalue weighted by Gasteiger charge is 2.42. The smallest absolute Gasteiger partial charge is 0.417 e. The number of nitrogen functional groups attached to an aromatic ring is 1. The molecule has 0 fully saturated rings. The third kappa shape index (κ3) is 7.05. The zero-order chi connectivity index (χ0) is 35.0. The van der Waals surface area contributed by atoms with E-state index in [2.05, 4.69) is 49.1 Å². The van der Waals surface area contributed by atoms with Gasteiger partial charge in [-0.3, -0.25) is 4.79 Å². The van der Waals surface area contributed by atoms with Crippen LogP contribution in [0.3, 0.4) is 0 Å². The number of nitrogens with zero attached hydrogens (tertiary/aromatic N) is 5. The Labute approximate surface area is 280 Å². The largest absolute Gasteiger partial charge is 0.491 e. The van der Waals surface area contributed by atoms with Crippen LogP contribution < -0.4 is 20.7 Å². The maximum atomic E-state index is 15.1. The predicted molar refractivity (Wildman–Crippen MR) is 174 cm³/mol. The van der Waals surface area contributed by atoms with Crippen molar-refractivity contribution in [3.8, 4) is 27.6 Å². The van der Waals surface area contributed by atoms with Crippen LogP contribution in [0.15, 0.2) is 66.9 Å². The first kappa shape index (κ1) is 33.4. The molecule has 0 saturated carbocycles. The number of alkyl halides is 3. The number of carbonyl (C=O) groups excluding carboxylic acids is 2. The Morgan fingerprint density at radius 3 is 2.61 bits per heavy atom. The second-order valence-electron chi connectivity index (χ2n) is 11.1. The fraction of sp³-hybridized carbons (Fsp3) is 0.182. The van der Waals surface area contributed by atoms with Crippen LogP contribution in [0.2, 0.25) is 0 Å². The molecule has 1 aliphatic rings. The fourth-order valence-corrected chi connectivity index (χ4v) is 6.09. The van der Waals surface area contributed by atoms with Crippen molar-refractivity contribution in [3.05, 3.63) is 95.2 Å². The average molecular weight is 696 g/mol. The lowest BCUT2D eigenvalue weighted by molar-refractivity contribution is -0.189. The molecule has 0 spiro atoms. The molecule has 6 rings (SSSR count). The van der Waals surface area contributed by atoms with Gasteiger partial charge < -0.3 is 25.6 Å². The Kier molecular flexibility index (Phi) is 9.00. The highest BCUT2D eigenvalue weighted by molar-refractivity contribution is 7.19. The molecule has 49 heavy (non-hydrogen) atoms. The predicted octanol–water partition coefficient (Wildman–Crippen LogP) is 6.60. The van der Waals surface area contributed by atoms with Crippen molar-refractivity contribution in [2.75, 3.05) is 36.6 Å². The van der Waals surface area contributed by atoms with Crippen LogP contribution >= 0.6 is 11.3 Å². The van der Waals surface area contributed by atoms with Crippen LogP contribution in [0.25, 0.3) is 21.8 Å². The lowest BCUT2D eigenvalue weighted by atomic mass is 9.99. The number of nitrogens with two attached hydrogens (primary N) is 1. The van der Waals surface area contributed by atoms with Gasteiger partial charge in [0.2, 0.25) is 5.95 Å². The number of ether oxygens (including phenoxy) is 1. The normalized spacial score (nSPS) is 13.1. The third-order valence-corrected chi connectivity index (χ3v) is 8.62. The van der Waals surface area contributed by atoms with Gasteiger partial charge in [0.05, 0.1) is 16.3 Å². The molecule has 252 valence electrons. The molecular formula is C33H26F5N7O3S. The molecule has 10 nitrogen and oxygen atoms in total. The van der Waals surface area contributed by atoms with E-state index in [0.717, 1.165) is 30.1 Å². The summed E-state index contributed by atoms with van der Waals surface area (Å²) in [6.07, 6.45) is -2.88. The Morgan fingerprint density at radius 2 is 1.84 bits per heavy atom. The van der Waals surface area contributed by atoms with Crippen molar-refractivity contribution in [3.63, 3.8) is 0 Å². The maximum absolute atomic E-state index is 15.1. The van der Waals surface area contributed by atoms with Gasteiger partial charge >= 0.3 is 12.1 Å². The molecule has 5 aromatic rings. The van der Waals surface area contributed by atoms with Gasteiger partial charge in [-0.25, -0.2) is 28.5 Å². The molecule has 3 aromatic carbocycles. The molecule has 1 aliphatic heterocycles. The summed E-state index contributed by atoms with van der Waals surface area (Å²) >= 11 is 1.17. The molecule has 2 aromatic heterocycles. The standard InChI is InChI=1S/C33H26F5N7O3S/c1-44-13-11-17-6-7-20(14-19(17)16-44)41-32-40-12-10-23(42-32)28-27(43-31(39)49-28)18-4-3-5-21(15-18)45(2)29(46)25-22(34)8-9-24(26(25)35)48-30(47)33(36,37)38/h3-10,12,14-15H,11,13,16H2,1-2H3,(H2,39,43)(H,40,41,42). The molecule has 0 aliphatic carbocycles. The van der Waals surface area contributed by atoms with E-state index in [-0.39, 0.29) is 10.8 Å². The van der Waals surface area contributed by atoms with Crippen molar-refractivity contribution in [2.24, 2.45) is 0 Å².